The van der Waals surface area contributed by atoms with E-state index in [0.717, 1.165) is 16.9 Å². The lowest BCUT2D eigenvalue weighted by molar-refractivity contribution is -0.113. The lowest BCUT2D eigenvalue weighted by atomic mass is 10.1. The third-order valence-corrected chi connectivity index (χ3v) is 4.91. The van der Waals surface area contributed by atoms with Crippen LogP contribution in [0, 0.1) is 0 Å². The summed E-state index contributed by atoms with van der Waals surface area (Å²) < 4.78 is 5.47. The summed E-state index contributed by atoms with van der Waals surface area (Å²) in [7, 11) is 0. The van der Waals surface area contributed by atoms with Crippen LogP contribution in [0.5, 0.6) is 0 Å². The molecule has 0 aliphatic rings. The van der Waals surface area contributed by atoms with E-state index in [-0.39, 0.29) is 12.0 Å². The third kappa shape index (κ3) is 8.15. The maximum Gasteiger partial charge on any atom is 0.410 e. The van der Waals surface area contributed by atoms with Crippen molar-refractivity contribution in [2.75, 3.05) is 17.6 Å². The van der Waals surface area contributed by atoms with Crippen molar-refractivity contribution in [1.82, 2.24) is 9.88 Å². The molecule has 6 nitrogen and oxygen atoms in total. The van der Waals surface area contributed by atoms with E-state index in [4.69, 9.17) is 4.74 Å². The predicted octanol–water partition coefficient (Wildman–Crippen LogP) is 4.71. The fourth-order valence-electron chi connectivity index (χ4n) is 2.55. The van der Waals surface area contributed by atoms with Crippen LogP contribution in [-0.4, -0.2) is 39.8 Å². The number of pyridine rings is 1. The second-order valence-electron chi connectivity index (χ2n) is 7.55. The van der Waals surface area contributed by atoms with Gasteiger partial charge in [-0.2, -0.15) is 0 Å². The zero-order valence-corrected chi connectivity index (χ0v) is 18.3. The van der Waals surface area contributed by atoms with Gasteiger partial charge in [0, 0.05) is 30.4 Å². The molecule has 0 fully saturated rings. The fourth-order valence-corrected chi connectivity index (χ4v) is 3.32. The molecule has 2 aromatic rings. The Kier molecular flexibility index (Phi) is 8.51. The first-order valence-corrected chi connectivity index (χ1v) is 10.8. The Morgan fingerprint density at radius 1 is 1.17 bits per heavy atom. The van der Waals surface area contributed by atoms with Crippen LogP contribution in [-0.2, 0) is 21.8 Å². The molecule has 0 atom stereocenters. The molecule has 1 aromatic carbocycles. The quantitative estimate of drug-likeness (QED) is 0.676. The van der Waals surface area contributed by atoms with Crippen molar-refractivity contribution in [2.24, 2.45) is 0 Å². The third-order valence-electron chi connectivity index (χ3n) is 3.91. The zero-order chi connectivity index (χ0) is 21.3. The van der Waals surface area contributed by atoms with Crippen molar-refractivity contribution in [3.63, 3.8) is 0 Å². The van der Waals surface area contributed by atoms with Crippen LogP contribution in [0.2, 0.25) is 0 Å². The predicted molar refractivity (Wildman–Crippen MR) is 118 cm³/mol. The highest BCUT2D eigenvalue weighted by atomic mass is 32.2. The number of hydrogen-bond donors (Lipinski definition) is 1. The van der Waals surface area contributed by atoms with Crippen LogP contribution in [0.15, 0.2) is 48.8 Å². The van der Waals surface area contributed by atoms with Gasteiger partial charge in [-0.1, -0.05) is 24.3 Å². The van der Waals surface area contributed by atoms with Crippen molar-refractivity contribution in [3.8, 4) is 0 Å². The summed E-state index contributed by atoms with van der Waals surface area (Å²) in [5.41, 5.74) is 2.11. The number of anilines is 1. The van der Waals surface area contributed by atoms with Gasteiger partial charge < -0.3 is 15.0 Å². The van der Waals surface area contributed by atoms with Crippen molar-refractivity contribution >= 4 is 29.4 Å². The van der Waals surface area contributed by atoms with E-state index in [0.29, 0.717) is 24.5 Å². The van der Waals surface area contributed by atoms with Gasteiger partial charge in [-0.25, -0.2) is 4.79 Å². The normalized spacial score (nSPS) is 11.0. The Morgan fingerprint density at radius 2 is 1.93 bits per heavy atom. The maximum atomic E-state index is 12.4. The van der Waals surface area contributed by atoms with Crippen LogP contribution >= 0.6 is 11.8 Å². The first kappa shape index (κ1) is 22.7. The molecule has 1 aromatic heterocycles. The molecule has 0 saturated heterocycles. The van der Waals surface area contributed by atoms with Crippen molar-refractivity contribution < 1.29 is 14.3 Å². The van der Waals surface area contributed by atoms with Gasteiger partial charge >= 0.3 is 6.09 Å². The maximum absolute atomic E-state index is 12.4. The molecule has 2 amide bonds. The molecule has 156 valence electrons. The average Bonchev–Trinajstić information content (AvgIpc) is 2.66. The van der Waals surface area contributed by atoms with Crippen molar-refractivity contribution in [1.29, 1.82) is 0 Å². The number of hydrogen-bond acceptors (Lipinski definition) is 5. The second kappa shape index (κ2) is 10.9. The van der Waals surface area contributed by atoms with Gasteiger partial charge in [-0.3, -0.25) is 9.78 Å². The monoisotopic (exact) mass is 415 g/mol. The number of benzene rings is 1. The molecule has 0 saturated carbocycles. The number of ether oxygens (including phenoxy) is 1. The SMILES string of the molecule is CCN(Cc1ccccc1NC(=O)CSCc1cccnc1)C(=O)OC(C)(C)C. The molecular formula is C22H29N3O3S. The smallest absolute Gasteiger partial charge is 0.410 e. The number of thioether (sulfide) groups is 1. The number of nitrogens with zero attached hydrogens (tertiary/aromatic N) is 2. The van der Waals surface area contributed by atoms with Gasteiger partial charge in [0.15, 0.2) is 0 Å². The summed E-state index contributed by atoms with van der Waals surface area (Å²) in [6.45, 7) is 8.31. The number of para-hydroxylation sites is 1. The van der Waals surface area contributed by atoms with E-state index in [9.17, 15) is 9.59 Å². The summed E-state index contributed by atoms with van der Waals surface area (Å²) >= 11 is 1.53. The van der Waals surface area contributed by atoms with Gasteiger partial charge in [-0.15, -0.1) is 11.8 Å². The lowest BCUT2D eigenvalue weighted by Crippen LogP contribution is -2.36. The summed E-state index contributed by atoms with van der Waals surface area (Å²) in [6, 6.07) is 11.4. The number of rotatable bonds is 8. The average molecular weight is 416 g/mol. The van der Waals surface area contributed by atoms with Gasteiger partial charge in [0.2, 0.25) is 5.91 Å². The Hall–Kier alpha value is -2.54. The standard InChI is InChI=1S/C22H29N3O3S/c1-5-25(21(27)28-22(2,3)4)14-18-10-6-7-11-19(18)24-20(26)16-29-15-17-9-8-12-23-13-17/h6-13H,5,14-16H2,1-4H3,(H,24,26). The minimum absolute atomic E-state index is 0.0772. The van der Waals surface area contributed by atoms with Crippen molar-refractivity contribution in [3.05, 3.63) is 59.9 Å². The molecule has 0 radical (unpaired) electrons. The molecule has 1 N–H and O–H groups in total. The number of amides is 2. The van der Waals surface area contributed by atoms with E-state index in [1.54, 1.807) is 17.3 Å². The Balaban J connectivity index is 1.94. The summed E-state index contributed by atoms with van der Waals surface area (Å²) in [5.74, 6) is 0.990. The molecular weight excluding hydrogens is 386 g/mol. The van der Waals surface area contributed by atoms with Crippen LogP contribution in [0.3, 0.4) is 0 Å². The van der Waals surface area contributed by atoms with Crippen molar-refractivity contribution in [2.45, 2.75) is 45.6 Å². The molecule has 2 rings (SSSR count). The van der Waals surface area contributed by atoms with Crippen LogP contribution in [0.4, 0.5) is 10.5 Å². The topological polar surface area (TPSA) is 71.5 Å². The van der Waals surface area contributed by atoms with E-state index >= 15 is 0 Å². The Bertz CT molecular complexity index is 806. The minimum atomic E-state index is -0.552. The fraction of sp³-hybridized carbons (Fsp3) is 0.409. The molecule has 0 bridgehead atoms. The molecule has 0 spiro atoms. The largest absolute Gasteiger partial charge is 0.444 e. The number of aromatic nitrogens is 1. The minimum Gasteiger partial charge on any atom is -0.444 e. The molecule has 0 aliphatic heterocycles. The number of carbonyl (C=O) groups excluding carboxylic acids is 2. The summed E-state index contributed by atoms with van der Waals surface area (Å²) in [5, 5.41) is 2.96. The van der Waals surface area contributed by atoms with Gasteiger partial charge in [-0.05, 0) is 51.0 Å². The zero-order valence-electron chi connectivity index (χ0n) is 17.5. The molecule has 0 unspecified atom stereocenters. The summed E-state index contributed by atoms with van der Waals surface area (Å²) in [6.07, 6.45) is 3.17. The first-order chi connectivity index (χ1) is 13.8. The van der Waals surface area contributed by atoms with E-state index in [1.807, 2.05) is 64.1 Å². The lowest BCUT2D eigenvalue weighted by Gasteiger charge is -2.27. The van der Waals surface area contributed by atoms with E-state index in [1.165, 1.54) is 11.8 Å². The molecule has 1 heterocycles. The number of nitrogens with one attached hydrogen (secondary N) is 1. The van der Waals surface area contributed by atoms with Gasteiger partial charge in [0.25, 0.3) is 0 Å². The van der Waals surface area contributed by atoms with Crippen LogP contribution in [0.25, 0.3) is 0 Å². The van der Waals surface area contributed by atoms with Crippen LogP contribution in [0.1, 0.15) is 38.8 Å². The van der Waals surface area contributed by atoms with Gasteiger partial charge in [0.05, 0.1) is 12.3 Å². The highest BCUT2D eigenvalue weighted by Gasteiger charge is 2.22. The highest BCUT2D eigenvalue weighted by Crippen LogP contribution is 2.20. The molecule has 7 heteroatoms. The second-order valence-corrected chi connectivity index (χ2v) is 8.54. The van der Waals surface area contributed by atoms with Crippen LogP contribution < -0.4 is 5.32 Å². The summed E-state index contributed by atoms with van der Waals surface area (Å²) in [4.78, 5) is 30.5. The molecule has 29 heavy (non-hydrogen) atoms. The molecule has 0 aliphatic carbocycles. The number of carbonyl (C=O) groups is 2. The van der Waals surface area contributed by atoms with Gasteiger partial charge in [0.1, 0.15) is 5.60 Å². The van der Waals surface area contributed by atoms with E-state index in [2.05, 4.69) is 10.3 Å². The Labute approximate surface area is 177 Å². The first-order valence-electron chi connectivity index (χ1n) is 9.61. The van der Waals surface area contributed by atoms with E-state index < -0.39 is 5.60 Å². The Morgan fingerprint density at radius 3 is 2.59 bits per heavy atom. The highest BCUT2D eigenvalue weighted by molar-refractivity contribution is 7.99.